The van der Waals surface area contributed by atoms with Gasteiger partial charge in [-0.1, -0.05) is 108 Å². The minimum Gasteiger partial charge on any atom is -0.389 e. The number of carbonyl (C=O) groups is 3. The predicted molar refractivity (Wildman–Crippen MR) is 216 cm³/mol. The van der Waals surface area contributed by atoms with Gasteiger partial charge >= 0.3 is 0 Å². The molecule has 0 spiro atoms. The lowest BCUT2D eigenvalue weighted by atomic mass is 9.77. The summed E-state index contributed by atoms with van der Waals surface area (Å²) in [7, 11) is 0. The van der Waals surface area contributed by atoms with E-state index in [1.54, 1.807) is 4.90 Å². The average molecular weight is 778 g/mol. The maximum Gasteiger partial charge on any atom is 0.266 e. The van der Waals surface area contributed by atoms with E-state index in [0.717, 1.165) is 45.3 Å². The second-order valence-corrected chi connectivity index (χ2v) is 15.8. The molecule has 276 valence electrons. The summed E-state index contributed by atoms with van der Waals surface area (Å²) in [5, 5.41) is 12.7. The standard InChI is InChI=1S/C42H40ClN5O4S2/c1-26(2)28-19-34(27(3)35(49)20-28)38-29(21-43)24-53-40-37(39(51)48(38)40)46-36(50)22-44-52-23-33-25-54-41(45-33)47-42(30-13-7-4-8-14-30,31-15-9-5-10-16-31)32-17-11-6-12-18-32/h4-18,22,25,28,37,40H,1,19-21,23-24H2,2-3H3,(H,45,47)(H,46,50)/b44-22+/t28?,37-,40-/m1/s1. The smallest absolute Gasteiger partial charge is 0.266 e. The first kappa shape index (κ1) is 37.3. The molecule has 0 saturated carbocycles. The number of carbonyl (C=O) groups excluding carboxylic acids is 3. The molecule has 1 unspecified atom stereocenters. The Kier molecular flexibility index (Phi) is 11.2. The molecule has 0 radical (unpaired) electrons. The number of oxime groups is 1. The first-order valence-electron chi connectivity index (χ1n) is 17.7. The Morgan fingerprint density at radius 1 is 1.02 bits per heavy atom. The second-order valence-electron chi connectivity index (χ2n) is 13.6. The van der Waals surface area contributed by atoms with Gasteiger partial charge in [0.05, 0.1) is 5.69 Å². The minimum atomic E-state index is -0.746. The minimum absolute atomic E-state index is 0.00921. The summed E-state index contributed by atoms with van der Waals surface area (Å²) >= 11 is 9.35. The molecule has 2 N–H and O–H groups in total. The number of benzene rings is 3. The van der Waals surface area contributed by atoms with Crippen LogP contribution >= 0.6 is 34.7 Å². The quantitative estimate of drug-likeness (QED) is 0.0356. The van der Waals surface area contributed by atoms with Crippen molar-refractivity contribution in [1.82, 2.24) is 15.2 Å². The molecular formula is C42H40ClN5O4S2. The van der Waals surface area contributed by atoms with Crippen LogP contribution in [0.1, 0.15) is 49.1 Å². The molecule has 0 bridgehead atoms. The molecule has 54 heavy (non-hydrogen) atoms. The third kappa shape index (κ3) is 7.28. The molecule has 1 aromatic heterocycles. The second kappa shape index (κ2) is 16.2. The number of nitrogens with zero attached hydrogens (tertiary/aromatic N) is 3. The van der Waals surface area contributed by atoms with Gasteiger partial charge in [-0.15, -0.1) is 34.7 Å². The summed E-state index contributed by atoms with van der Waals surface area (Å²) in [4.78, 5) is 51.4. The van der Waals surface area contributed by atoms with Crippen LogP contribution in [-0.2, 0) is 31.4 Å². The molecule has 4 aromatic rings. The van der Waals surface area contributed by atoms with E-state index in [0.29, 0.717) is 35.0 Å². The number of aromatic nitrogens is 1. The molecule has 3 atom stereocenters. The number of rotatable bonds is 13. The van der Waals surface area contributed by atoms with Crippen molar-refractivity contribution in [2.24, 2.45) is 11.1 Å². The Balaban J connectivity index is 1.00. The van der Waals surface area contributed by atoms with E-state index >= 15 is 0 Å². The molecule has 9 nitrogen and oxygen atoms in total. The molecule has 12 heteroatoms. The number of hydrogen-bond acceptors (Lipinski definition) is 9. The molecule has 2 aliphatic heterocycles. The molecule has 3 heterocycles. The van der Waals surface area contributed by atoms with E-state index in [1.807, 2.05) is 73.8 Å². The number of Topliss-reactive ketones (excluding diaryl/α,β-unsaturated/α-hetero) is 1. The van der Waals surface area contributed by atoms with E-state index in [9.17, 15) is 14.4 Å². The molecular weight excluding hydrogens is 738 g/mol. The van der Waals surface area contributed by atoms with Crippen LogP contribution in [0.15, 0.2) is 136 Å². The van der Waals surface area contributed by atoms with Crippen LogP contribution < -0.4 is 10.6 Å². The number of ketones is 1. The van der Waals surface area contributed by atoms with Gasteiger partial charge in [0.1, 0.15) is 23.2 Å². The van der Waals surface area contributed by atoms with Crippen LogP contribution in [0.5, 0.6) is 0 Å². The van der Waals surface area contributed by atoms with Crippen molar-refractivity contribution in [3.05, 3.63) is 153 Å². The summed E-state index contributed by atoms with van der Waals surface area (Å²) in [6, 6.07) is 30.1. The van der Waals surface area contributed by atoms with E-state index in [1.165, 1.54) is 23.1 Å². The van der Waals surface area contributed by atoms with Gasteiger partial charge in [-0.05, 0) is 59.6 Å². The van der Waals surface area contributed by atoms with Crippen molar-refractivity contribution in [1.29, 1.82) is 0 Å². The predicted octanol–water partition coefficient (Wildman–Crippen LogP) is 7.81. The molecule has 3 aliphatic rings. The van der Waals surface area contributed by atoms with Crippen LogP contribution in [0, 0.1) is 5.92 Å². The zero-order valence-electron chi connectivity index (χ0n) is 30.0. The fraction of sp³-hybridized carbons (Fsp3) is 0.262. The van der Waals surface area contributed by atoms with Gasteiger partial charge in [-0.2, -0.15) is 0 Å². The fourth-order valence-electron chi connectivity index (χ4n) is 7.28. The highest BCUT2D eigenvalue weighted by atomic mass is 35.5. The van der Waals surface area contributed by atoms with Crippen LogP contribution in [-0.4, -0.2) is 56.7 Å². The summed E-state index contributed by atoms with van der Waals surface area (Å²) < 4.78 is 0. The number of alkyl halides is 1. The monoisotopic (exact) mass is 777 g/mol. The molecule has 1 saturated heterocycles. The lowest BCUT2D eigenvalue weighted by Crippen LogP contribution is -2.70. The number of hydrogen-bond donors (Lipinski definition) is 2. The Bertz CT molecular complexity index is 2060. The van der Waals surface area contributed by atoms with Gasteiger partial charge < -0.3 is 15.5 Å². The van der Waals surface area contributed by atoms with Gasteiger partial charge in [0.25, 0.3) is 11.8 Å². The fourth-order valence-corrected chi connectivity index (χ4v) is 9.71. The Hall–Kier alpha value is -4.97. The molecule has 7 rings (SSSR count). The van der Waals surface area contributed by atoms with Crippen molar-refractivity contribution < 1.29 is 19.2 Å². The van der Waals surface area contributed by atoms with Gasteiger partial charge in [0.2, 0.25) is 0 Å². The SMILES string of the molecule is C=C(C)C1CC(=O)C(C)=C(C2=C(CCl)CS[C@@H]3[C@H](NC(=O)/C=N/OCc4csc(NC(c5ccccc5)(c5ccccc5)c5ccccc5)n4)C(=O)N23)C1. The summed E-state index contributed by atoms with van der Waals surface area (Å²) in [6.07, 6.45) is 2.07. The van der Waals surface area contributed by atoms with Crippen molar-refractivity contribution in [2.75, 3.05) is 16.9 Å². The number of fused-ring (bicyclic) bond motifs is 1. The van der Waals surface area contributed by atoms with Crippen molar-refractivity contribution >= 4 is 63.6 Å². The number of β-lactam (4-membered cyclic amide) rings is 1. The number of thioether (sulfide) groups is 1. The highest BCUT2D eigenvalue weighted by molar-refractivity contribution is 8.00. The third-order valence-electron chi connectivity index (χ3n) is 10.2. The van der Waals surface area contributed by atoms with Crippen LogP contribution in [0.3, 0.4) is 0 Å². The van der Waals surface area contributed by atoms with Gasteiger partial charge in [-0.3, -0.25) is 19.3 Å². The summed E-state index contributed by atoms with van der Waals surface area (Å²) in [6.45, 7) is 7.87. The van der Waals surface area contributed by atoms with Gasteiger partial charge in [0.15, 0.2) is 17.5 Å². The van der Waals surface area contributed by atoms with E-state index < -0.39 is 17.5 Å². The first-order valence-corrected chi connectivity index (χ1v) is 20.1. The van der Waals surface area contributed by atoms with Crippen LogP contribution in [0.4, 0.5) is 5.13 Å². The Morgan fingerprint density at radius 3 is 2.20 bits per heavy atom. The highest BCUT2D eigenvalue weighted by Gasteiger charge is 2.53. The number of thiazole rings is 1. The largest absolute Gasteiger partial charge is 0.389 e. The van der Waals surface area contributed by atoms with Crippen LogP contribution in [0.25, 0.3) is 0 Å². The molecule has 1 aliphatic carbocycles. The maximum atomic E-state index is 13.5. The van der Waals surface area contributed by atoms with Crippen molar-refractivity contribution in [3.63, 3.8) is 0 Å². The van der Waals surface area contributed by atoms with Gasteiger partial charge in [0, 0.05) is 29.1 Å². The normalized spacial score (nSPS) is 20.1. The lowest BCUT2D eigenvalue weighted by Gasteiger charge is -2.51. The first-order chi connectivity index (χ1) is 26.2. The zero-order valence-corrected chi connectivity index (χ0v) is 32.3. The average Bonchev–Trinajstić information content (AvgIpc) is 3.65. The van der Waals surface area contributed by atoms with E-state index in [-0.39, 0.29) is 35.5 Å². The highest BCUT2D eigenvalue weighted by Crippen LogP contribution is 2.47. The number of anilines is 1. The summed E-state index contributed by atoms with van der Waals surface area (Å²) in [5.41, 5.74) is 7.17. The van der Waals surface area contributed by atoms with Gasteiger partial charge in [-0.25, -0.2) is 4.98 Å². The van der Waals surface area contributed by atoms with Crippen molar-refractivity contribution in [2.45, 2.75) is 50.3 Å². The molecule has 3 aromatic carbocycles. The topological polar surface area (TPSA) is 113 Å². The Labute approximate surface area is 328 Å². The zero-order chi connectivity index (χ0) is 37.8. The summed E-state index contributed by atoms with van der Waals surface area (Å²) in [5.74, 6) is 0.0964. The van der Waals surface area contributed by atoms with E-state index in [2.05, 4.69) is 58.8 Å². The maximum absolute atomic E-state index is 13.5. The number of nitrogens with one attached hydrogen (secondary N) is 2. The molecule has 1 fully saturated rings. The lowest BCUT2D eigenvalue weighted by molar-refractivity contribution is -0.144. The van der Waals surface area contributed by atoms with Crippen LogP contribution in [0.2, 0.25) is 0 Å². The molecule has 2 amide bonds. The van der Waals surface area contributed by atoms with E-state index in [4.69, 9.17) is 21.4 Å². The number of amides is 2. The third-order valence-corrected chi connectivity index (χ3v) is 12.6. The Morgan fingerprint density at radius 2 is 1.63 bits per heavy atom. The number of halogens is 1. The van der Waals surface area contributed by atoms with Crippen molar-refractivity contribution in [3.8, 4) is 0 Å². The number of allylic oxidation sites excluding steroid dienone is 3.